The van der Waals surface area contributed by atoms with Crippen molar-refractivity contribution in [3.63, 3.8) is 0 Å². The summed E-state index contributed by atoms with van der Waals surface area (Å²) in [5, 5.41) is 9.57. The molecule has 0 fully saturated rings. The Morgan fingerprint density at radius 1 is 0.280 bits per heavy atom. The van der Waals surface area contributed by atoms with Crippen molar-refractivity contribution in [1.29, 1.82) is 0 Å². The third-order valence-electron chi connectivity index (χ3n) is 16.4. The summed E-state index contributed by atoms with van der Waals surface area (Å²) in [7, 11) is 0. The molecule has 0 bridgehead atoms. The van der Waals surface area contributed by atoms with Crippen molar-refractivity contribution in [2.75, 3.05) is 0 Å². The average molecular weight is 1050 g/mol. The summed E-state index contributed by atoms with van der Waals surface area (Å²) < 4.78 is 9.63. The van der Waals surface area contributed by atoms with Gasteiger partial charge in [-0.1, -0.05) is 176 Å². The van der Waals surface area contributed by atoms with Gasteiger partial charge in [-0.2, -0.15) is 0 Å². The lowest BCUT2D eigenvalue weighted by atomic mass is 9.99. The van der Waals surface area contributed by atoms with E-state index in [0.717, 1.165) is 94.4 Å². The Bertz CT molecular complexity index is 5220. The van der Waals surface area contributed by atoms with Crippen molar-refractivity contribution in [3.8, 4) is 33.9 Å². The quantitative estimate of drug-likeness (QED) is 0.114. The maximum Gasteiger partial charge on any atom is 0.157 e. The third-order valence-corrected chi connectivity index (χ3v) is 16.4. The minimum atomic E-state index is 0.388. The molecule has 82 heavy (non-hydrogen) atoms. The van der Waals surface area contributed by atoms with Crippen LogP contribution in [0.4, 0.5) is 0 Å². The van der Waals surface area contributed by atoms with Crippen molar-refractivity contribution < 1.29 is 0 Å². The summed E-state index contributed by atoms with van der Waals surface area (Å²) in [6.07, 6.45) is 0. The Morgan fingerprint density at radius 3 is 1.13 bits per heavy atom. The zero-order valence-corrected chi connectivity index (χ0v) is 44.6. The van der Waals surface area contributed by atoms with E-state index in [1.54, 1.807) is 0 Å². The fraction of sp³-hybridized carbons (Fsp3) is 0.0133. The second-order valence-corrected chi connectivity index (χ2v) is 21.2. The van der Waals surface area contributed by atoms with Crippen LogP contribution in [0.5, 0.6) is 0 Å². The molecular weight excluding hydrogens is 999 g/mol. The van der Waals surface area contributed by atoms with Crippen molar-refractivity contribution in [2.24, 2.45) is 15.7 Å². The molecule has 16 rings (SSSR count). The zero-order chi connectivity index (χ0) is 54.3. The molecule has 2 N–H and O–H groups in total. The molecule has 386 valence electrons. The Balaban J connectivity index is 0.906. The molecule has 16 aromatic rings. The summed E-state index contributed by atoms with van der Waals surface area (Å²) in [5.74, 6) is 0.971. The Labute approximate surface area is 472 Å². The predicted octanol–water partition coefficient (Wildman–Crippen LogP) is 18.1. The van der Waals surface area contributed by atoms with Gasteiger partial charge in [0, 0.05) is 77.0 Å². The standard InChI is InChI=1S/C75H51N7/c76-74(78-75(50-23-8-2-9-24-50)77-48-49-21-6-1-7-22-49)53-25-20-32-57(41-53)82-69-40-38-52(43-61(69)65-45-63-59-34-17-19-36-67(59)80(71(63)47-73(65)82)55-28-12-4-13-29-55)51-37-39-68-60(42-51)64-44-62-58-33-16-18-35-66(58)79(54-26-10-3-11-27-54)70(62)46-72(64)81(68)56-30-14-5-15-31-56/h1-47H,48H2,(H2,76,77,78). The molecule has 0 atom stereocenters. The molecule has 0 saturated carbocycles. The van der Waals surface area contributed by atoms with E-state index < -0.39 is 0 Å². The average Bonchev–Trinajstić information content (AvgIpc) is 3.08. The summed E-state index contributed by atoms with van der Waals surface area (Å²) in [6, 6.07) is 102. The molecule has 7 nitrogen and oxygen atoms in total. The number of nitrogens with two attached hydrogens (primary N) is 1. The van der Waals surface area contributed by atoms with Gasteiger partial charge in [0.05, 0.1) is 50.7 Å². The normalized spacial score (nSPS) is 12.4. The summed E-state index contributed by atoms with van der Waals surface area (Å²) >= 11 is 0. The maximum atomic E-state index is 7.08. The van der Waals surface area contributed by atoms with Gasteiger partial charge in [-0.15, -0.1) is 0 Å². The zero-order valence-electron chi connectivity index (χ0n) is 44.6. The van der Waals surface area contributed by atoms with Gasteiger partial charge in [0.1, 0.15) is 5.84 Å². The second-order valence-electron chi connectivity index (χ2n) is 21.2. The van der Waals surface area contributed by atoms with Gasteiger partial charge < -0.3 is 24.0 Å². The number of rotatable bonds is 9. The van der Waals surface area contributed by atoms with Gasteiger partial charge in [-0.25, -0.2) is 4.99 Å². The molecule has 7 heteroatoms. The van der Waals surface area contributed by atoms with Crippen molar-refractivity contribution in [2.45, 2.75) is 6.54 Å². The van der Waals surface area contributed by atoms with Crippen LogP contribution in [0.3, 0.4) is 0 Å². The largest absolute Gasteiger partial charge is 0.383 e. The molecule has 0 aliphatic heterocycles. The Hall–Kier alpha value is -11.0. The fourth-order valence-electron chi connectivity index (χ4n) is 12.7. The smallest absolute Gasteiger partial charge is 0.157 e. The summed E-state index contributed by atoms with van der Waals surface area (Å²) in [5.41, 5.74) is 25.6. The van der Waals surface area contributed by atoms with Crippen LogP contribution in [0.25, 0.3) is 121 Å². The van der Waals surface area contributed by atoms with E-state index in [2.05, 4.69) is 249 Å². The third kappa shape index (κ3) is 7.66. The number of hydrogen-bond donors (Lipinski definition) is 1. The molecule has 4 aromatic heterocycles. The molecular formula is C75H51N7. The number of hydrogen-bond acceptors (Lipinski definition) is 1. The van der Waals surface area contributed by atoms with E-state index in [0.29, 0.717) is 18.2 Å². The van der Waals surface area contributed by atoms with Crippen LogP contribution in [-0.4, -0.2) is 29.9 Å². The lowest BCUT2D eigenvalue weighted by Crippen LogP contribution is -2.17. The van der Waals surface area contributed by atoms with Crippen molar-refractivity contribution >= 4 is 98.9 Å². The van der Waals surface area contributed by atoms with E-state index in [1.807, 2.05) is 54.6 Å². The topological polar surface area (TPSA) is 70.5 Å². The highest BCUT2D eigenvalue weighted by molar-refractivity contribution is 6.22. The number of aliphatic imine (C=N–C) groups is 2. The van der Waals surface area contributed by atoms with Crippen LogP contribution in [-0.2, 0) is 6.54 Å². The van der Waals surface area contributed by atoms with Crippen molar-refractivity contribution in [1.82, 2.24) is 18.3 Å². The van der Waals surface area contributed by atoms with Gasteiger partial charge >= 0.3 is 0 Å². The summed E-state index contributed by atoms with van der Waals surface area (Å²) in [4.78, 5) is 10.1. The highest BCUT2D eigenvalue weighted by Gasteiger charge is 2.22. The number of amidine groups is 2. The lowest BCUT2D eigenvalue weighted by Gasteiger charge is -2.12. The molecule has 0 radical (unpaired) electrons. The van der Waals surface area contributed by atoms with Gasteiger partial charge in [0.15, 0.2) is 5.84 Å². The number of nitrogens with zero attached hydrogens (tertiary/aromatic N) is 6. The first kappa shape index (κ1) is 47.0. The van der Waals surface area contributed by atoms with Crippen LogP contribution >= 0.6 is 0 Å². The Kier molecular flexibility index (Phi) is 11.0. The van der Waals surface area contributed by atoms with Crippen LogP contribution in [0.2, 0.25) is 0 Å². The lowest BCUT2D eigenvalue weighted by molar-refractivity contribution is 1.06. The summed E-state index contributed by atoms with van der Waals surface area (Å²) in [6.45, 7) is 0.481. The van der Waals surface area contributed by atoms with Crippen LogP contribution in [0, 0.1) is 0 Å². The van der Waals surface area contributed by atoms with Gasteiger partial charge in [-0.05, 0) is 126 Å². The highest BCUT2D eigenvalue weighted by atomic mass is 15.0. The molecule has 0 aliphatic carbocycles. The monoisotopic (exact) mass is 1050 g/mol. The van der Waals surface area contributed by atoms with Gasteiger partial charge in [-0.3, -0.25) is 4.99 Å². The molecule has 12 aromatic carbocycles. The molecule has 0 aliphatic rings. The Morgan fingerprint density at radius 2 is 0.646 bits per heavy atom. The van der Waals surface area contributed by atoms with E-state index >= 15 is 0 Å². The van der Waals surface area contributed by atoms with Gasteiger partial charge in [0.2, 0.25) is 0 Å². The minimum Gasteiger partial charge on any atom is -0.383 e. The first-order valence-corrected chi connectivity index (χ1v) is 27.9. The molecule has 0 spiro atoms. The molecule has 0 unspecified atom stereocenters. The first-order chi connectivity index (χ1) is 40.6. The highest BCUT2D eigenvalue weighted by Crippen LogP contribution is 2.44. The van der Waals surface area contributed by atoms with Crippen LogP contribution in [0.1, 0.15) is 16.7 Å². The number of para-hydroxylation sites is 5. The molecule has 0 saturated heterocycles. The van der Waals surface area contributed by atoms with Gasteiger partial charge in [0.25, 0.3) is 0 Å². The van der Waals surface area contributed by atoms with E-state index in [-0.39, 0.29) is 0 Å². The SMILES string of the molecule is NC(=NC(=NCc1ccccc1)c1ccccc1)c1cccc(-n2c3ccc(-c4ccc5c(c4)c4cc6c7ccccc7n(-c7ccccc7)c6cc4n5-c4ccccc4)cc3c3cc4c5ccccc5n(-c5ccccc5)c4cc32)c1. The minimum absolute atomic E-state index is 0.388. The van der Waals surface area contributed by atoms with E-state index in [4.69, 9.17) is 15.7 Å². The second kappa shape index (κ2) is 19.1. The number of benzene rings is 12. The van der Waals surface area contributed by atoms with E-state index in [9.17, 15) is 0 Å². The van der Waals surface area contributed by atoms with Crippen molar-refractivity contribution in [3.05, 3.63) is 302 Å². The number of aromatic nitrogens is 4. The predicted molar refractivity (Wildman–Crippen MR) is 343 cm³/mol. The molecule has 4 heterocycles. The first-order valence-electron chi connectivity index (χ1n) is 27.9. The van der Waals surface area contributed by atoms with E-state index in [1.165, 1.54) is 43.4 Å². The van der Waals surface area contributed by atoms with Crippen LogP contribution < -0.4 is 5.73 Å². The fourth-order valence-corrected chi connectivity index (χ4v) is 12.7. The van der Waals surface area contributed by atoms with Crippen LogP contribution in [0.15, 0.2) is 295 Å². The maximum absolute atomic E-state index is 7.08. The number of fused-ring (bicyclic) bond motifs is 12. The molecule has 0 amide bonds.